The summed E-state index contributed by atoms with van der Waals surface area (Å²) in [7, 11) is 0. The van der Waals surface area contributed by atoms with Crippen LogP contribution in [0.4, 0.5) is 0 Å². The molecule has 0 unspecified atom stereocenters. The highest BCUT2D eigenvalue weighted by Crippen LogP contribution is 2.28. The minimum Gasteiger partial charge on any atom is -0.483 e. The zero-order valence-corrected chi connectivity index (χ0v) is 15.3. The lowest BCUT2D eigenvalue weighted by molar-refractivity contribution is -0.137. The summed E-state index contributed by atoms with van der Waals surface area (Å²) < 4.78 is 15.9. The van der Waals surface area contributed by atoms with Gasteiger partial charge in [-0.05, 0) is 30.5 Å². The second kappa shape index (κ2) is 9.24. The van der Waals surface area contributed by atoms with Crippen molar-refractivity contribution in [1.29, 1.82) is 0 Å². The van der Waals surface area contributed by atoms with E-state index in [1.165, 1.54) is 0 Å². The summed E-state index contributed by atoms with van der Waals surface area (Å²) in [5.74, 6) is 4.56. The second-order valence-corrected chi connectivity index (χ2v) is 5.74. The fourth-order valence-corrected chi connectivity index (χ4v) is 2.44. The fraction of sp³-hybridized carbons (Fsp3) is 0.130. The summed E-state index contributed by atoms with van der Waals surface area (Å²) in [6, 6.07) is 18.7. The topological polar surface area (TPSA) is 61.8 Å². The minimum atomic E-state index is -0.665. The highest BCUT2D eigenvalue weighted by molar-refractivity contribution is 6.00. The van der Waals surface area contributed by atoms with Crippen molar-refractivity contribution in [2.75, 3.05) is 6.61 Å². The maximum Gasteiger partial charge on any atom is 0.356 e. The van der Waals surface area contributed by atoms with E-state index >= 15 is 0 Å². The third kappa shape index (κ3) is 4.89. The van der Waals surface area contributed by atoms with E-state index in [1.54, 1.807) is 6.92 Å². The van der Waals surface area contributed by atoms with Crippen LogP contribution in [0, 0.1) is 11.8 Å². The van der Waals surface area contributed by atoms with Crippen molar-refractivity contribution in [2.24, 2.45) is 0 Å². The number of hydrogen-bond acceptors (Lipinski definition) is 5. The normalized spacial score (nSPS) is 14.3. The number of benzene rings is 2. The molecule has 5 heteroatoms. The molecule has 0 aliphatic carbocycles. The Morgan fingerprint density at radius 2 is 1.71 bits per heavy atom. The van der Waals surface area contributed by atoms with Crippen LogP contribution in [-0.4, -0.2) is 18.5 Å². The number of ether oxygens (including phenoxy) is 3. The molecule has 1 aliphatic heterocycles. The molecule has 1 aliphatic rings. The van der Waals surface area contributed by atoms with Gasteiger partial charge in [0.2, 0.25) is 0 Å². The average molecular weight is 374 g/mol. The van der Waals surface area contributed by atoms with Crippen molar-refractivity contribution in [3.05, 3.63) is 95.0 Å². The molecule has 0 saturated heterocycles. The number of carbonyl (C=O) groups excluding carboxylic acids is 2. The third-order valence-electron chi connectivity index (χ3n) is 3.72. The van der Waals surface area contributed by atoms with Crippen LogP contribution in [0.25, 0.3) is 0 Å². The van der Waals surface area contributed by atoms with E-state index in [4.69, 9.17) is 14.2 Å². The Labute approximate surface area is 163 Å². The Hall–Kier alpha value is -3.78. The van der Waals surface area contributed by atoms with Crippen LogP contribution in [0.3, 0.4) is 0 Å². The predicted octanol–water partition coefficient (Wildman–Crippen LogP) is 3.51. The van der Waals surface area contributed by atoms with Crippen LogP contribution < -0.4 is 0 Å². The van der Waals surface area contributed by atoms with E-state index in [2.05, 4.69) is 11.8 Å². The summed E-state index contributed by atoms with van der Waals surface area (Å²) >= 11 is 0. The molecule has 0 fully saturated rings. The quantitative estimate of drug-likeness (QED) is 0.455. The molecule has 28 heavy (non-hydrogen) atoms. The molecule has 3 rings (SSSR count). The molecule has 0 radical (unpaired) electrons. The summed E-state index contributed by atoms with van der Waals surface area (Å²) in [5, 5.41) is 0. The Bertz CT molecular complexity index is 976. The van der Waals surface area contributed by atoms with E-state index in [-0.39, 0.29) is 30.3 Å². The van der Waals surface area contributed by atoms with Gasteiger partial charge >= 0.3 is 11.9 Å². The summed E-state index contributed by atoms with van der Waals surface area (Å²) in [6.07, 6.45) is 1.10. The predicted molar refractivity (Wildman–Crippen MR) is 102 cm³/mol. The molecule has 0 N–H and O–H groups in total. The van der Waals surface area contributed by atoms with Gasteiger partial charge in [-0.15, -0.1) is 0 Å². The van der Waals surface area contributed by atoms with Gasteiger partial charge in [0, 0.05) is 5.56 Å². The van der Waals surface area contributed by atoms with Gasteiger partial charge in [0.25, 0.3) is 0 Å². The summed E-state index contributed by atoms with van der Waals surface area (Å²) in [4.78, 5) is 24.1. The van der Waals surface area contributed by atoms with Crippen LogP contribution in [-0.2, 0) is 30.4 Å². The number of esters is 2. The van der Waals surface area contributed by atoms with Crippen LogP contribution in [0.2, 0.25) is 0 Å². The maximum atomic E-state index is 12.3. The number of rotatable bonds is 5. The van der Waals surface area contributed by atoms with Crippen LogP contribution in [0.1, 0.15) is 18.1 Å². The largest absolute Gasteiger partial charge is 0.483 e. The van der Waals surface area contributed by atoms with Gasteiger partial charge < -0.3 is 14.2 Å². The van der Waals surface area contributed by atoms with Crippen molar-refractivity contribution in [1.82, 2.24) is 0 Å². The van der Waals surface area contributed by atoms with Gasteiger partial charge in [-0.25, -0.2) is 9.59 Å². The van der Waals surface area contributed by atoms with Crippen molar-refractivity contribution in [3.8, 4) is 11.8 Å². The van der Waals surface area contributed by atoms with Gasteiger partial charge in [0.1, 0.15) is 6.61 Å². The molecule has 140 valence electrons. The van der Waals surface area contributed by atoms with Gasteiger partial charge in [-0.2, -0.15) is 0 Å². The van der Waals surface area contributed by atoms with Crippen LogP contribution >= 0.6 is 0 Å². The third-order valence-corrected chi connectivity index (χ3v) is 3.72. The number of hydrogen-bond donors (Lipinski definition) is 0. The molecule has 0 spiro atoms. The Morgan fingerprint density at radius 1 is 1.04 bits per heavy atom. The lowest BCUT2D eigenvalue weighted by atomic mass is 10.2. The van der Waals surface area contributed by atoms with Crippen LogP contribution in [0.5, 0.6) is 0 Å². The first-order chi connectivity index (χ1) is 13.7. The molecule has 0 atom stereocenters. The molecule has 2 aromatic rings. The number of cyclic esters (lactones) is 1. The van der Waals surface area contributed by atoms with Crippen molar-refractivity contribution in [2.45, 2.75) is 13.5 Å². The van der Waals surface area contributed by atoms with Crippen molar-refractivity contribution < 1.29 is 23.8 Å². The molecule has 2 aromatic carbocycles. The first-order valence-electron chi connectivity index (χ1n) is 8.76. The maximum absolute atomic E-state index is 12.3. The first-order valence-corrected chi connectivity index (χ1v) is 8.76. The molecule has 0 bridgehead atoms. The molecule has 0 aromatic heterocycles. The van der Waals surface area contributed by atoms with E-state index in [9.17, 15) is 9.59 Å². The fourth-order valence-electron chi connectivity index (χ4n) is 2.44. The molecule has 0 saturated carbocycles. The Balaban J connectivity index is 1.93. The minimum absolute atomic E-state index is 0.00302. The van der Waals surface area contributed by atoms with Gasteiger partial charge in [0.05, 0.1) is 12.7 Å². The SMILES string of the molecule is CCOC(=O)/C=C1\OC(=O)C(C#Cc2ccccc2)=C1OCc1ccccc1. The zero-order chi connectivity index (χ0) is 19.8. The highest BCUT2D eigenvalue weighted by atomic mass is 16.6. The molecular formula is C23H18O5. The Morgan fingerprint density at radius 3 is 2.39 bits per heavy atom. The average Bonchev–Trinajstić information content (AvgIpc) is 3.00. The van der Waals surface area contributed by atoms with Gasteiger partial charge in [-0.1, -0.05) is 54.5 Å². The Kier molecular flexibility index (Phi) is 6.27. The van der Waals surface area contributed by atoms with E-state index in [0.717, 1.165) is 17.2 Å². The number of carbonyl (C=O) groups is 2. The highest BCUT2D eigenvalue weighted by Gasteiger charge is 2.31. The second-order valence-electron chi connectivity index (χ2n) is 5.74. The molecule has 1 heterocycles. The zero-order valence-electron chi connectivity index (χ0n) is 15.3. The van der Waals surface area contributed by atoms with Gasteiger partial charge in [0.15, 0.2) is 17.1 Å². The lowest BCUT2D eigenvalue weighted by Crippen LogP contribution is -2.04. The summed E-state index contributed by atoms with van der Waals surface area (Å²) in [5.41, 5.74) is 1.71. The smallest absolute Gasteiger partial charge is 0.356 e. The van der Waals surface area contributed by atoms with Crippen molar-refractivity contribution >= 4 is 11.9 Å². The molecule has 5 nitrogen and oxygen atoms in total. The monoisotopic (exact) mass is 374 g/mol. The van der Waals surface area contributed by atoms with E-state index in [0.29, 0.717) is 0 Å². The van der Waals surface area contributed by atoms with Crippen LogP contribution in [0.15, 0.2) is 83.8 Å². The summed E-state index contributed by atoms with van der Waals surface area (Å²) in [6.45, 7) is 2.10. The molecule has 0 amide bonds. The molecular weight excluding hydrogens is 356 g/mol. The standard InChI is InChI=1S/C23H18O5/c1-2-26-21(24)15-20-22(27-16-18-11-7-4-8-12-18)19(23(25)28-20)14-13-17-9-5-3-6-10-17/h3-12,15H,2,16H2,1H3/b20-15-. The van der Waals surface area contributed by atoms with Gasteiger partial charge in [-0.3, -0.25) is 0 Å². The van der Waals surface area contributed by atoms with E-state index in [1.807, 2.05) is 60.7 Å². The lowest BCUT2D eigenvalue weighted by Gasteiger charge is -2.08. The van der Waals surface area contributed by atoms with E-state index < -0.39 is 11.9 Å². The van der Waals surface area contributed by atoms with Crippen molar-refractivity contribution in [3.63, 3.8) is 0 Å². The first kappa shape index (κ1) is 19.0.